The number of nitrogens with zero attached hydrogens (tertiary/aromatic N) is 8. The van der Waals surface area contributed by atoms with Gasteiger partial charge < -0.3 is 35.4 Å². The molecule has 9 rings (SSSR count). The number of aliphatic hydroxyl groups is 3. The number of aromatic nitrogens is 4. The molecule has 7 heterocycles. The van der Waals surface area contributed by atoms with Gasteiger partial charge in [-0.05, 0) is 87.6 Å². The third kappa shape index (κ3) is 8.77. The van der Waals surface area contributed by atoms with Crippen LogP contribution in [0.5, 0.6) is 0 Å². The van der Waals surface area contributed by atoms with E-state index >= 15 is 0 Å². The minimum absolute atomic E-state index is 0.0229. The summed E-state index contributed by atoms with van der Waals surface area (Å²) >= 11 is 0. The third-order valence-corrected chi connectivity index (χ3v) is 14.0. The van der Waals surface area contributed by atoms with Crippen LogP contribution in [0.1, 0.15) is 116 Å². The average molecular weight is 868 g/mol. The normalized spacial score (nSPS) is 24.1. The van der Waals surface area contributed by atoms with E-state index in [2.05, 4.69) is 36.7 Å². The molecule has 336 valence electrons. The third-order valence-electron chi connectivity index (χ3n) is 14.0. The number of alkyl halides is 2. The average Bonchev–Trinajstić information content (AvgIpc) is 3.98. The van der Waals surface area contributed by atoms with E-state index in [0.29, 0.717) is 56.4 Å². The summed E-state index contributed by atoms with van der Waals surface area (Å²) in [6.45, 7) is 5.49. The number of fused-ring (bicyclic) bond motifs is 3. The number of hydrogen-bond donors (Lipinski definition) is 4. The van der Waals surface area contributed by atoms with Crippen molar-refractivity contribution in [3.63, 3.8) is 0 Å². The number of amides is 1. The zero-order valence-corrected chi connectivity index (χ0v) is 36.2. The van der Waals surface area contributed by atoms with E-state index in [1.165, 1.54) is 0 Å². The van der Waals surface area contributed by atoms with E-state index in [0.717, 1.165) is 103 Å². The summed E-state index contributed by atoms with van der Waals surface area (Å²) in [6, 6.07) is 8.72. The number of carbonyl (C=O) groups is 1. The molecule has 1 amide bonds. The Morgan fingerprint density at radius 2 is 1.83 bits per heavy atom. The number of benzene rings is 2. The minimum Gasteiger partial charge on any atom is -0.632 e. The Morgan fingerprint density at radius 3 is 2.57 bits per heavy atom. The van der Waals surface area contributed by atoms with Crippen molar-refractivity contribution in [3.8, 4) is 23.0 Å². The van der Waals surface area contributed by atoms with Crippen molar-refractivity contribution < 1.29 is 33.5 Å². The Labute approximate surface area is 367 Å². The Kier molecular flexibility index (Phi) is 12.5. The summed E-state index contributed by atoms with van der Waals surface area (Å²) in [4.78, 5) is 18.9. The van der Waals surface area contributed by atoms with E-state index in [9.17, 15) is 34.1 Å². The Bertz CT molecular complexity index is 2380. The number of aryl methyl sites for hydroxylation is 2. The van der Waals surface area contributed by atoms with Crippen LogP contribution in [-0.4, -0.2) is 106 Å². The molecule has 2 saturated heterocycles. The first-order valence-electron chi connectivity index (χ1n) is 22.7. The van der Waals surface area contributed by atoms with E-state index in [-0.39, 0.29) is 30.6 Å². The summed E-state index contributed by atoms with van der Waals surface area (Å²) in [7, 11) is 1.78. The Balaban J connectivity index is 0.828. The molecule has 63 heavy (non-hydrogen) atoms. The second-order valence-electron chi connectivity index (χ2n) is 18.2. The Morgan fingerprint density at radius 1 is 1.00 bits per heavy atom. The number of rotatable bonds is 11. The highest BCUT2D eigenvalue weighted by molar-refractivity contribution is 5.81. The fraction of sp³-hybridized carbons (Fsp3) is 0.553. The van der Waals surface area contributed by atoms with Crippen molar-refractivity contribution in [1.82, 2.24) is 34.7 Å². The number of piperidine rings is 2. The molecule has 0 spiro atoms. The first-order valence-corrected chi connectivity index (χ1v) is 22.7. The zero-order chi connectivity index (χ0) is 44.0. The van der Waals surface area contributed by atoms with Gasteiger partial charge in [-0.15, -0.1) is 0 Å². The molecule has 4 aromatic rings. The number of hydrogen-bond acceptors (Lipinski definition) is 10. The summed E-state index contributed by atoms with van der Waals surface area (Å²) in [5.41, 5.74) is 7.75. The van der Waals surface area contributed by atoms with E-state index in [1.807, 2.05) is 29.2 Å². The molecule has 0 aliphatic carbocycles. The maximum Gasteiger partial charge on any atom is 0.280 e. The van der Waals surface area contributed by atoms with Gasteiger partial charge in [0.1, 0.15) is 31.8 Å². The van der Waals surface area contributed by atoms with E-state index in [1.54, 1.807) is 37.1 Å². The molecule has 0 saturated carbocycles. The first-order chi connectivity index (χ1) is 30.4. The van der Waals surface area contributed by atoms with Gasteiger partial charge in [0.2, 0.25) is 0 Å². The van der Waals surface area contributed by atoms with Gasteiger partial charge >= 0.3 is 0 Å². The molecule has 14 nitrogen and oxygen atoms in total. The predicted octanol–water partition coefficient (Wildman–Crippen LogP) is 5.49. The summed E-state index contributed by atoms with van der Waals surface area (Å²) in [6.07, 6.45) is 6.29. The maximum atomic E-state index is 14.7. The van der Waals surface area contributed by atoms with Gasteiger partial charge in [0.15, 0.2) is 11.9 Å². The van der Waals surface area contributed by atoms with Gasteiger partial charge in [-0.2, -0.15) is 10.2 Å². The van der Waals surface area contributed by atoms with Crippen LogP contribution >= 0.6 is 0 Å². The van der Waals surface area contributed by atoms with Crippen LogP contribution in [0.3, 0.4) is 0 Å². The van der Waals surface area contributed by atoms with Gasteiger partial charge in [0.05, 0.1) is 12.2 Å². The molecule has 2 fully saturated rings. The molecular formula is C47H59F2N9O5. The van der Waals surface area contributed by atoms with E-state index in [4.69, 9.17) is 5.10 Å². The lowest BCUT2D eigenvalue weighted by Crippen LogP contribution is -2.59. The predicted molar refractivity (Wildman–Crippen MR) is 233 cm³/mol. The zero-order valence-electron chi connectivity index (χ0n) is 36.2. The lowest BCUT2D eigenvalue weighted by atomic mass is 9.92. The highest BCUT2D eigenvalue weighted by Gasteiger charge is 2.43. The molecule has 0 radical (unpaired) electrons. The largest absolute Gasteiger partial charge is 0.632 e. The quantitative estimate of drug-likeness (QED) is 0.0658. The highest BCUT2D eigenvalue weighted by atomic mass is 19.3. The van der Waals surface area contributed by atoms with Crippen molar-refractivity contribution in [2.24, 2.45) is 7.05 Å². The van der Waals surface area contributed by atoms with Gasteiger partial charge in [-0.25, -0.2) is 8.78 Å². The van der Waals surface area contributed by atoms with E-state index < -0.39 is 35.8 Å². The van der Waals surface area contributed by atoms with Crippen molar-refractivity contribution in [3.05, 3.63) is 87.0 Å². The SMILES string of the molecule is CC(O)N1CCc2c(c(N3CCCc4cc(-c5cnn(C)c5)c(C(F)F)cc43)nn2C2CCN(C(O)CCCCC#Cc3cccc4c3C[N+]([O-])(C3CCC(O)NC3=O)C4)CC2)C1. The van der Waals surface area contributed by atoms with Gasteiger partial charge in [0.25, 0.3) is 12.3 Å². The number of carbonyl (C=O) groups excluding carboxylic acids is 1. The fourth-order valence-electron chi connectivity index (χ4n) is 10.6. The number of aliphatic hydroxyl groups excluding tert-OH is 3. The Hall–Kier alpha value is -4.73. The summed E-state index contributed by atoms with van der Waals surface area (Å²) in [5.74, 6) is 6.95. The fourth-order valence-corrected chi connectivity index (χ4v) is 10.6. The van der Waals surface area contributed by atoms with Crippen LogP contribution in [0.2, 0.25) is 0 Å². The number of hydroxylamine groups is 3. The van der Waals surface area contributed by atoms with Crippen molar-refractivity contribution in [2.45, 2.75) is 134 Å². The molecule has 5 atom stereocenters. The second-order valence-corrected chi connectivity index (χ2v) is 18.2. The number of unbranched alkanes of at least 4 members (excludes halogenated alkanes) is 2. The lowest BCUT2D eigenvalue weighted by Gasteiger charge is -2.46. The molecular weight excluding hydrogens is 809 g/mol. The van der Waals surface area contributed by atoms with Crippen LogP contribution in [0.4, 0.5) is 20.3 Å². The molecule has 5 aliphatic rings. The number of likely N-dealkylation sites (tertiary alicyclic amines) is 1. The number of quaternary nitrogens is 1. The lowest BCUT2D eigenvalue weighted by molar-refractivity contribution is -0.916. The van der Waals surface area contributed by atoms with Crippen molar-refractivity contribution >= 4 is 17.4 Å². The van der Waals surface area contributed by atoms with Crippen LogP contribution in [-0.2, 0) is 44.3 Å². The number of halogens is 2. The van der Waals surface area contributed by atoms with Crippen LogP contribution in [0, 0.1) is 17.0 Å². The number of anilines is 2. The molecule has 2 aromatic carbocycles. The van der Waals surface area contributed by atoms with Gasteiger partial charge in [0, 0.05) is 110 Å². The standard InChI is InChI=1S/C47H59F2N9O5/c1-30(59)55-22-18-40-38(27-55)46(56-19-8-12-32-23-36(34-25-50-53(2)26-34)37(45(48)49)24-41(32)56)52-57(40)35-16-20-54(21-17-35)44(61)13-6-4-3-5-9-31-10-7-11-33-28-58(63,29-39(31)33)42-14-15-43(60)51-47(42)62/h7,10-11,23-26,30,35,42-45,59-61H,3-4,6,8,12-22,27-29H2,1-2H3,(H,51,62). The van der Waals surface area contributed by atoms with Gasteiger partial charge in [-0.1, -0.05) is 24.0 Å². The molecule has 4 N–H and O–H groups in total. The second kappa shape index (κ2) is 18.0. The summed E-state index contributed by atoms with van der Waals surface area (Å²) < 4.78 is 32.6. The molecule has 16 heteroatoms. The van der Waals surface area contributed by atoms with Crippen molar-refractivity contribution in [1.29, 1.82) is 0 Å². The van der Waals surface area contributed by atoms with Gasteiger partial charge in [-0.3, -0.25) is 24.0 Å². The molecule has 5 aliphatic heterocycles. The van der Waals surface area contributed by atoms with Crippen LogP contribution in [0.25, 0.3) is 11.1 Å². The van der Waals surface area contributed by atoms with Crippen LogP contribution in [0.15, 0.2) is 42.7 Å². The monoisotopic (exact) mass is 867 g/mol. The molecule has 0 bridgehead atoms. The highest BCUT2D eigenvalue weighted by Crippen LogP contribution is 2.44. The molecule has 5 unspecified atom stereocenters. The minimum atomic E-state index is -2.67. The van der Waals surface area contributed by atoms with Crippen LogP contribution < -0.4 is 10.2 Å². The number of nitrogens with one attached hydrogen (secondary N) is 1. The smallest absolute Gasteiger partial charge is 0.280 e. The maximum absolute atomic E-state index is 14.7. The topological polar surface area (TPSA) is 158 Å². The van der Waals surface area contributed by atoms with Crippen molar-refractivity contribution in [2.75, 3.05) is 31.1 Å². The first kappa shape index (κ1) is 43.5. The summed E-state index contributed by atoms with van der Waals surface area (Å²) in [5, 5.41) is 57.6. The molecule has 2 aromatic heterocycles.